The van der Waals surface area contributed by atoms with Crippen LogP contribution in [0.4, 0.5) is 0 Å². The summed E-state index contributed by atoms with van der Waals surface area (Å²) in [5.74, 6) is 0. The summed E-state index contributed by atoms with van der Waals surface area (Å²) in [6.07, 6.45) is 37.6. The Morgan fingerprint density at radius 1 is 0.258 bits per heavy atom. The van der Waals surface area contributed by atoms with Gasteiger partial charge in [0.25, 0.3) is 0 Å². The summed E-state index contributed by atoms with van der Waals surface area (Å²) in [6, 6.07) is 0. The second-order valence-electron chi connectivity index (χ2n) is 11.2. The normalized spacial score (nSPS) is 13.4. The Balaban J connectivity index is 4.56. The van der Waals surface area contributed by atoms with Crippen LogP contribution < -0.4 is 0 Å². The summed E-state index contributed by atoms with van der Waals surface area (Å²) in [5, 5.41) is 0. The van der Waals surface area contributed by atoms with Crippen molar-refractivity contribution in [3.05, 3.63) is 0 Å². The first-order chi connectivity index (χ1) is 15.1. The molecule has 0 heterocycles. The van der Waals surface area contributed by atoms with Gasteiger partial charge in [-0.05, 0) is 0 Å². The number of hydrogen-bond acceptors (Lipinski definition) is 0. The predicted octanol–water partition coefficient (Wildman–Crippen LogP) is 11.4. The van der Waals surface area contributed by atoms with Gasteiger partial charge >= 0.3 is 187 Å². The van der Waals surface area contributed by atoms with E-state index in [9.17, 15) is 0 Å². The molecule has 31 heavy (non-hydrogen) atoms. The molecule has 0 aromatic carbocycles. The Morgan fingerprint density at radius 3 is 0.774 bits per heavy atom. The topological polar surface area (TPSA) is 0 Å². The summed E-state index contributed by atoms with van der Waals surface area (Å²) >= 11 is 0. The van der Waals surface area contributed by atoms with Crippen molar-refractivity contribution in [1.82, 2.24) is 0 Å². The molecule has 0 bridgehead atoms. The Labute approximate surface area is 200 Å². The molecule has 0 fully saturated rings. The fourth-order valence-electron chi connectivity index (χ4n) is 5.94. The molecule has 0 saturated carbocycles. The second-order valence-corrected chi connectivity index (χ2v) is 17.9. The molecular formula is C30H65P. The third kappa shape index (κ3) is 15.0. The monoisotopic (exact) mass is 456 g/mol. The zero-order valence-corrected chi connectivity index (χ0v) is 24.0. The molecular weight excluding hydrogens is 391 g/mol. The van der Waals surface area contributed by atoms with Crippen molar-refractivity contribution in [2.24, 2.45) is 0 Å². The summed E-state index contributed by atoms with van der Waals surface area (Å²) in [4.78, 5) is 0. The molecule has 0 N–H and O–H groups in total. The van der Waals surface area contributed by atoms with Gasteiger partial charge in [0.05, 0.1) is 0 Å². The fourth-order valence-corrected chi connectivity index (χ4v) is 14.1. The van der Waals surface area contributed by atoms with Gasteiger partial charge in [0.2, 0.25) is 0 Å². The standard InChI is InChI=1S/C30H65P/c1-6-11-16-17-18-19-20-21-22-23-24-25-30-31(26-12-7-2,27-13-8-3,28-14-9-4)29-15-10-5/h6-30H2,1-5H3. The first-order valence-electron chi connectivity index (χ1n) is 15.1. The quantitative estimate of drug-likeness (QED) is 0.0946. The van der Waals surface area contributed by atoms with Crippen molar-refractivity contribution < 1.29 is 0 Å². The predicted molar refractivity (Wildman–Crippen MR) is 152 cm³/mol. The number of hydrogen-bond donors (Lipinski definition) is 0. The molecule has 1 heteroatoms. The minimum atomic E-state index is -1.52. The van der Waals surface area contributed by atoms with Gasteiger partial charge in [0.15, 0.2) is 0 Å². The van der Waals surface area contributed by atoms with E-state index in [2.05, 4.69) is 34.6 Å². The molecule has 0 rings (SSSR count). The third-order valence-corrected chi connectivity index (χ3v) is 16.1. The van der Waals surface area contributed by atoms with Crippen LogP contribution in [0.3, 0.4) is 0 Å². The number of rotatable bonds is 25. The van der Waals surface area contributed by atoms with Crippen molar-refractivity contribution in [1.29, 1.82) is 0 Å². The van der Waals surface area contributed by atoms with E-state index in [-0.39, 0.29) is 0 Å². The van der Waals surface area contributed by atoms with Gasteiger partial charge in [-0.3, -0.25) is 0 Å². The SMILES string of the molecule is CCCCCCCCCCCCCCP(CCCC)(CCCC)(CCCC)CCCC. The van der Waals surface area contributed by atoms with E-state index in [0.29, 0.717) is 0 Å². The molecule has 0 saturated heterocycles. The van der Waals surface area contributed by atoms with Crippen LogP contribution >= 0.6 is 6.60 Å². The molecule has 0 aromatic heterocycles. The summed E-state index contributed by atoms with van der Waals surface area (Å²) in [5.41, 5.74) is 0. The first-order valence-corrected chi connectivity index (χ1v) is 18.3. The van der Waals surface area contributed by atoms with E-state index in [1.807, 2.05) is 0 Å². The summed E-state index contributed by atoms with van der Waals surface area (Å²) in [6.45, 7) is 10.5. The molecule has 0 spiro atoms. The maximum atomic E-state index is 2.43. The van der Waals surface area contributed by atoms with Crippen LogP contribution in [-0.4, -0.2) is 30.8 Å². The minimum absolute atomic E-state index is 1.37. The van der Waals surface area contributed by atoms with Gasteiger partial charge in [0.1, 0.15) is 0 Å². The van der Waals surface area contributed by atoms with Crippen molar-refractivity contribution in [3.8, 4) is 0 Å². The van der Waals surface area contributed by atoms with E-state index < -0.39 is 6.60 Å². The van der Waals surface area contributed by atoms with Crippen molar-refractivity contribution in [3.63, 3.8) is 0 Å². The fraction of sp³-hybridized carbons (Fsp3) is 1.00. The molecule has 0 aromatic rings. The maximum absolute atomic E-state index is 2.43. The van der Waals surface area contributed by atoms with E-state index in [1.54, 1.807) is 37.2 Å². The molecule has 0 unspecified atom stereocenters. The van der Waals surface area contributed by atoms with Crippen molar-refractivity contribution in [2.45, 2.75) is 163 Å². The zero-order valence-electron chi connectivity index (χ0n) is 23.1. The van der Waals surface area contributed by atoms with Gasteiger partial charge in [-0.1, -0.05) is 13.3 Å². The van der Waals surface area contributed by atoms with Crippen LogP contribution in [-0.2, 0) is 0 Å². The Morgan fingerprint density at radius 2 is 0.484 bits per heavy atom. The van der Waals surface area contributed by atoms with Gasteiger partial charge in [-0.25, -0.2) is 0 Å². The van der Waals surface area contributed by atoms with Crippen molar-refractivity contribution >= 4 is 6.60 Å². The summed E-state index contributed by atoms with van der Waals surface area (Å²) in [7, 11) is 0. The second kappa shape index (κ2) is 21.0. The van der Waals surface area contributed by atoms with Crippen molar-refractivity contribution in [2.75, 3.05) is 30.8 Å². The van der Waals surface area contributed by atoms with Gasteiger partial charge in [-0.2, -0.15) is 0 Å². The van der Waals surface area contributed by atoms with Gasteiger partial charge in [0, 0.05) is 0 Å². The van der Waals surface area contributed by atoms with Crippen LogP contribution in [0.1, 0.15) is 163 Å². The number of unbranched alkanes of at least 4 members (excludes halogenated alkanes) is 15. The Kier molecular flexibility index (Phi) is 21.3. The zero-order chi connectivity index (χ0) is 23.1. The first kappa shape index (κ1) is 31.4. The average molecular weight is 457 g/mol. The average Bonchev–Trinajstić information content (AvgIpc) is 2.80. The molecule has 0 amide bonds. The van der Waals surface area contributed by atoms with Crippen LogP contribution in [0.2, 0.25) is 0 Å². The molecule has 0 nitrogen and oxygen atoms in total. The van der Waals surface area contributed by atoms with Gasteiger partial charge in [-0.15, -0.1) is 0 Å². The molecule has 0 aliphatic rings. The molecule has 0 aliphatic heterocycles. The van der Waals surface area contributed by atoms with Crippen LogP contribution in [0.15, 0.2) is 0 Å². The molecule has 190 valence electrons. The Bertz CT molecular complexity index is 318. The molecule has 0 atom stereocenters. The molecule has 0 aliphatic carbocycles. The van der Waals surface area contributed by atoms with Crippen LogP contribution in [0.5, 0.6) is 0 Å². The van der Waals surface area contributed by atoms with E-state index in [1.165, 1.54) is 122 Å². The van der Waals surface area contributed by atoms with Crippen LogP contribution in [0.25, 0.3) is 0 Å². The summed E-state index contributed by atoms with van der Waals surface area (Å²) < 4.78 is 0. The molecule has 0 radical (unpaired) electrons. The van der Waals surface area contributed by atoms with Gasteiger partial charge < -0.3 is 0 Å². The van der Waals surface area contributed by atoms with E-state index in [0.717, 1.165) is 0 Å². The van der Waals surface area contributed by atoms with E-state index in [4.69, 9.17) is 0 Å². The van der Waals surface area contributed by atoms with Crippen LogP contribution in [0, 0.1) is 0 Å². The third-order valence-electron chi connectivity index (χ3n) is 8.22. The van der Waals surface area contributed by atoms with E-state index >= 15 is 0 Å². The Hall–Kier alpha value is 0.430.